The van der Waals surface area contributed by atoms with Gasteiger partial charge in [-0.1, -0.05) is 43.7 Å². The van der Waals surface area contributed by atoms with Gasteiger partial charge in [-0.15, -0.1) is 0 Å². The number of hydrogen-bond acceptors (Lipinski definition) is 2. The van der Waals surface area contributed by atoms with Gasteiger partial charge >= 0.3 is 0 Å². The van der Waals surface area contributed by atoms with Gasteiger partial charge in [-0.05, 0) is 53.6 Å². The van der Waals surface area contributed by atoms with Gasteiger partial charge in [0.05, 0.1) is 18.8 Å². The summed E-state index contributed by atoms with van der Waals surface area (Å²) in [7, 11) is 0. The van der Waals surface area contributed by atoms with Crippen molar-refractivity contribution < 1.29 is 22.6 Å². The fourth-order valence-electron chi connectivity index (χ4n) is 3.67. The van der Waals surface area contributed by atoms with E-state index in [1.807, 2.05) is 0 Å². The van der Waals surface area contributed by atoms with E-state index < -0.39 is 17.9 Å². The fraction of sp³-hybridized carbons (Fsp3) is 0.308. The van der Waals surface area contributed by atoms with Gasteiger partial charge in [0.15, 0.2) is 6.29 Å². The third-order valence-electron chi connectivity index (χ3n) is 5.40. The van der Waals surface area contributed by atoms with E-state index in [9.17, 15) is 13.2 Å². The van der Waals surface area contributed by atoms with Gasteiger partial charge in [-0.2, -0.15) is 0 Å². The predicted octanol–water partition coefficient (Wildman–Crippen LogP) is 6.51. The van der Waals surface area contributed by atoms with E-state index in [1.165, 1.54) is 24.3 Å². The predicted molar refractivity (Wildman–Crippen MR) is 114 cm³/mol. The van der Waals surface area contributed by atoms with Crippen molar-refractivity contribution in [1.82, 2.24) is 0 Å². The maximum atomic E-state index is 14.6. The maximum absolute atomic E-state index is 14.6. The van der Waals surface area contributed by atoms with E-state index in [0.29, 0.717) is 30.3 Å². The Kier molecular flexibility index (Phi) is 6.60. The SMILES string of the molecule is CCCCC1COC(c2cc(F)c(C#Cc3ccc4cc(F)ccc4c3)c(F)c2)OC1. The van der Waals surface area contributed by atoms with Gasteiger partial charge in [0.25, 0.3) is 0 Å². The molecular formula is C26H23F3O2. The minimum Gasteiger partial charge on any atom is -0.348 e. The number of benzene rings is 3. The number of ether oxygens (including phenoxy) is 2. The Morgan fingerprint density at radius 2 is 1.55 bits per heavy atom. The van der Waals surface area contributed by atoms with Gasteiger partial charge in [-0.25, -0.2) is 13.2 Å². The summed E-state index contributed by atoms with van der Waals surface area (Å²) in [5.41, 5.74) is 0.584. The third kappa shape index (κ3) is 5.10. The molecule has 3 aromatic rings. The van der Waals surface area contributed by atoms with Crippen LogP contribution in [0.4, 0.5) is 13.2 Å². The first kappa shape index (κ1) is 21.4. The van der Waals surface area contributed by atoms with Crippen molar-refractivity contribution in [2.75, 3.05) is 13.2 Å². The molecule has 1 aliphatic rings. The molecule has 31 heavy (non-hydrogen) atoms. The molecule has 0 aliphatic carbocycles. The molecule has 0 amide bonds. The first-order chi connectivity index (χ1) is 15.0. The molecule has 1 heterocycles. The lowest BCUT2D eigenvalue weighted by molar-refractivity contribution is -0.206. The number of unbranched alkanes of at least 4 members (excludes halogenated alkanes) is 1. The van der Waals surface area contributed by atoms with Crippen LogP contribution in [0.25, 0.3) is 10.8 Å². The molecule has 2 nitrogen and oxygen atoms in total. The largest absolute Gasteiger partial charge is 0.348 e. The monoisotopic (exact) mass is 424 g/mol. The van der Waals surface area contributed by atoms with E-state index >= 15 is 0 Å². The van der Waals surface area contributed by atoms with E-state index in [1.54, 1.807) is 24.3 Å². The van der Waals surface area contributed by atoms with E-state index in [0.717, 1.165) is 30.0 Å². The molecule has 3 aromatic carbocycles. The molecule has 0 unspecified atom stereocenters. The highest BCUT2D eigenvalue weighted by Gasteiger charge is 2.25. The standard InChI is InChI=1S/C26H23F3O2/c1-2-3-4-18-15-30-26(31-16-18)21-13-24(28)23(25(29)14-21)10-6-17-5-7-20-12-22(27)9-8-19(20)11-17/h5,7-9,11-14,18,26H,2-4,15-16H2,1H3. The van der Waals surface area contributed by atoms with Crippen molar-refractivity contribution in [2.24, 2.45) is 5.92 Å². The zero-order valence-corrected chi connectivity index (χ0v) is 17.3. The second kappa shape index (κ2) is 9.55. The van der Waals surface area contributed by atoms with E-state index in [4.69, 9.17) is 9.47 Å². The first-order valence-electron chi connectivity index (χ1n) is 10.5. The van der Waals surface area contributed by atoms with Gasteiger partial charge < -0.3 is 9.47 Å². The smallest absolute Gasteiger partial charge is 0.184 e. The lowest BCUT2D eigenvalue weighted by Crippen LogP contribution is -2.27. The molecule has 0 spiro atoms. The highest BCUT2D eigenvalue weighted by atomic mass is 19.1. The maximum Gasteiger partial charge on any atom is 0.184 e. The third-order valence-corrected chi connectivity index (χ3v) is 5.40. The van der Waals surface area contributed by atoms with Crippen molar-refractivity contribution in [3.8, 4) is 11.8 Å². The normalized spacial score (nSPS) is 18.6. The summed E-state index contributed by atoms with van der Waals surface area (Å²) in [4.78, 5) is 0. The van der Waals surface area contributed by atoms with E-state index in [-0.39, 0.29) is 11.4 Å². The molecule has 0 N–H and O–H groups in total. The molecule has 0 aromatic heterocycles. The Morgan fingerprint density at radius 1 is 0.871 bits per heavy atom. The highest BCUT2D eigenvalue weighted by Crippen LogP contribution is 2.29. The number of rotatable bonds is 4. The Morgan fingerprint density at radius 3 is 2.26 bits per heavy atom. The zero-order valence-electron chi connectivity index (χ0n) is 17.3. The van der Waals surface area contributed by atoms with Crippen LogP contribution in [0.1, 0.15) is 49.2 Å². The summed E-state index contributed by atoms with van der Waals surface area (Å²) in [5.74, 6) is 3.84. The van der Waals surface area contributed by atoms with Gasteiger partial charge in [0.2, 0.25) is 0 Å². The molecule has 1 saturated heterocycles. The second-order valence-electron chi connectivity index (χ2n) is 7.82. The van der Waals surface area contributed by atoms with Crippen molar-refractivity contribution in [3.63, 3.8) is 0 Å². The molecule has 0 atom stereocenters. The Hall–Kier alpha value is -2.81. The lowest BCUT2D eigenvalue weighted by Gasteiger charge is -2.29. The molecule has 4 rings (SSSR count). The first-order valence-corrected chi connectivity index (χ1v) is 10.5. The Labute approximate surface area is 180 Å². The van der Waals surface area contributed by atoms with E-state index in [2.05, 4.69) is 18.8 Å². The van der Waals surface area contributed by atoms with Crippen LogP contribution in [0.2, 0.25) is 0 Å². The van der Waals surface area contributed by atoms with Gasteiger partial charge in [-0.3, -0.25) is 0 Å². The second-order valence-corrected chi connectivity index (χ2v) is 7.82. The van der Waals surface area contributed by atoms with Gasteiger partial charge in [0.1, 0.15) is 17.5 Å². The summed E-state index contributed by atoms with van der Waals surface area (Å²) >= 11 is 0. The van der Waals surface area contributed by atoms with Crippen LogP contribution in [-0.2, 0) is 9.47 Å². The lowest BCUT2D eigenvalue weighted by atomic mass is 10.0. The molecule has 5 heteroatoms. The topological polar surface area (TPSA) is 18.5 Å². The van der Waals surface area contributed by atoms with Crippen LogP contribution in [-0.4, -0.2) is 13.2 Å². The quantitative estimate of drug-likeness (QED) is 0.445. The molecule has 0 saturated carbocycles. The average molecular weight is 424 g/mol. The highest BCUT2D eigenvalue weighted by molar-refractivity contribution is 5.84. The average Bonchev–Trinajstić information content (AvgIpc) is 2.77. The van der Waals surface area contributed by atoms with Crippen LogP contribution >= 0.6 is 0 Å². The number of hydrogen-bond donors (Lipinski definition) is 0. The minimum absolute atomic E-state index is 0.306. The van der Waals surface area contributed by atoms with Crippen molar-refractivity contribution in [1.29, 1.82) is 0 Å². The number of halogens is 3. The summed E-state index contributed by atoms with van der Waals surface area (Å²) in [5, 5.41) is 1.53. The van der Waals surface area contributed by atoms with Crippen LogP contribution in [0.3, 0.4) is 0 Å². The van der Waals surface area contributed by atoms with Crippen molar-refractivity contribution in [2.45, 2.75) is 32.5 Å². The minimum atomic E-state index is -0.773. The summed E-state index contributed by atoms with van der Waals surface area (Å²) < 4.78 is 53.9. The van der Waals surface area contributed by atoms with Crippen LogP contribution < -0.4 is 0 Å². The Balaban J connectivity index is 1.50. The zero-order chi connectivity index (χ0) is 21.8. The molecule has 1 fully saturated rings. The molecule has 1 aliphatic heterocycles. The molecular weight excluding hydrogens is 401 g/mol. The van der Waals surface area contributed by atoms with Crippen LogP contribution in [0.5, 0.6) is 0 Å². The van der Waals surface area contributed by atoms with Crippen molar-refractivity contribution >= 4 is 10.8 Å². The summed E-state index contributed by atoms with van der Waals surface area (Å²) in [6, 6.07) is 12.0. The van der Waals surface area contributed by atoms with Crippen LogP contribution in [0.15, 0.2) is 48.5 Å². The number of fused-ring (bicyclic) bond motifs is 1. The molecule has 0 radical (unpaired) electrons. The Bertz CT molecular complexity index is 1120. The summed E-state index contributed by atoms with van der Waals surface area (Å²) in [6.07, 6.45) is 2.46. The molecule has 160 valence electrons. The fourth-order valence-corrected chi connectivity index (χ4v) is 3.67. The summed E-state index contributed by atoms with van der Waals surface area (Å²) in [6.45, 7) is 3.16. The van der Waals surface area contributed by atoms with Crippen molar-refractivity contribution in [3.05, 3.63) is 82.7 Å². The van der Waals surface area contributed by atoms with Gasteiger partial charge in [0, 0.05) is 17.0 Å². The van der Waals surface area contributed by atoms with Crippen LogP contribution in [0, 0.1) is 35.2 Å². The molecule has 0 bridgehead atoms.